The molecule has 16 heavy (non-hydrogen) atoms. The Morgan fingerprint density at radius 1 is 1.44 bits per heavy atom. The second kappa shape index (κ2) is 3.41. The summed E-state index contributed by atoms with van der Waals surface area (Å²) >= 11 is 0. The summed E-state index contributed by atoms with van der Waals surface area (Å²) in [7, 11) is 0. The molecule has 1 aromatic heterocycles. The van der Waals surface area contributed by atoms with Crippen molar-refractivity contribution in [2.75, 3.05) is 5.06 Å². The van der Waals surface area contributed by atoms with Crippen molar-refractivity contribution in [1.82, 2.24) is 10.3 Å². The summed E-state index contributed by atoms with van der Waals surface area (Å²) < 4.78 is 4.19. The number of nitro groups is 2. The molecule has 0 fully saturated rings. The van der Waals surface area contributed by atoms with Gasteiger partial charge in [0.05, 0.1) is 4.92 Å². The molecular formula is C4H2N6O6. The van der Waals surface area contributed by atoms with Crippen LogP contribution in [0.25, 0.3) is 0 Å². The van der Waals surface area contributed by atoms with Gasteiger partial charge in [-0.1, -0.05) is 10.2 Å². The Bertz CT molecular complexity index is 454. The molecule has 0 aliphatic carbocycles. The average molecular weight is 230 g/mol. The lowest BCUT2D eigenvalue weighted by molar-refractivity contribution is -0.522. The fraction of sp³-hybridized carbons (Fsp3) is 0.250. The molecule has 0 aromatic carbocycles. The Kier molecular flexibility index (Phi) is 2.08. The van der Waals surface area contributed by atoms with Crippen LogP contribution >= 0.6 is 0 Å². The lowest BCUT2D eigenvalue weighted by Crippen LogP contribution is -2.44. The first-order valence-corrected chi connectivity index (χ1v) is 3.71. The van der Waals surface area contributed by atoms with E-state index < -0.39 is 21.8 Å². The molecule has 2 heterocycles. The van der Waals surface area contributed by atoms with Crippen LogP contribution in [0, 0.1) is 20.2 Å². The predicted octanol–water partition coefficient (Wildman–Crippen LogP) is -0.986. The van der Waals surface area contributed by atoms with E-state index in [2.05, 4.69) is 25.0 Å². The molecule has 1 unspecified atom stereocenters. The zero-order chi connectivity index (χ0) is 11.7. The predicted molar refractivity (Wildman–Crippen MR) is 43.1 cm³/mol. The summed E-state index contributed by atoms with van der Waals surface area (Å²) in [6.45, 7) is 0. The molecule has 84 valence electrons. The molecule has 0 saturated carbocycles. The van der Waals surface area contributed by atoms with Gasteiger partial charge in [0, 0.05) is 0 Å². The van der Waals surface area contributed by atoms with Crippen LogP contribution in [-0.2, 0) is 4.94 Å². The van der Waals surface area contributed by atoms with Gasteiger partial charge in [0.1, 0.15) is 6.20 Å². The highest BCUT2D eigenvalue weighted by Crippen LogP contribution is 2.20. The Morgan fingerprint density at radius 3 is 2.69 bits per heavy atom. The van der Waals surface area contributed by atoms with E-state index in [0.29, 0.717) is 5.06 Å². The van der Waals surface area contributed by atoms with Gasteiger partial charge in [-0.05, 0) is 10.1 Å². The van der Waals surface area contributed by atoms with Crippen LogP contribution < -0.4 is 5.06 Å². The van der Waals surface area contributed by atoms with Crippen molar-refractivity contribution in [1.29, 1.82) is 0 Å². The topological polar surface area (TPSA) is 150 Å². The second-order valence-electron chi connectivity index (χ2n) is 2.54. The largest absolute Gasteiger partial charge is 0.488 e. The Labute approximate surface area is 85.3 Å². The van der Waals surface area contributed by atoms with Gasteiger partial charge in [-0.15, -0.1) is 0 Å². The zero-order valence-electron chi connectivity index (χ0n) is 7.29. The molecule has 1 atom stereocenters. The van der Waals surface area contributed by atoms with Gasteiger partial charge in [0.25, 0.3) is 0 Å². The minimum absolute atomic E-state index is 0.192. The Balaban J connectivity index is 2.32. The molecule has 0 saturated heterocycles. The van der Waals surface area contributed by atoms with E-state index >= 15 is 0 Å². The number of oxime groups is 1. The highest BCUT2D eigenvalue weighted by Gasteiger charge is 2.53. The van der Waals surface area contributed by atoms with E-state index in [9.17, 15) is 20.2 Å². The normalized spacial score (nSPS) is 19.1. The summed E-state index contributed by atoms with van der Waals surface area (Å²) in [4.78, 5) is 23.5. The van der Waals surface area contributed by atoms with Crippen LogP contribution in [0.2, 0.25) is 0 Å². The van der Waals surface area contributed by atoms with E-state index in [1.54, 1.807) is 0 Å². The smallest absolute Gasteiger partial charge is 0.358 e. The number of rotatable bonds is 2. The summed E-state index contributed by atoms with van der Waals surface area (Å²) in [5.41, 5.74) is 0. The van der Waals surface area contributed by atoms with Crippen molar-refractivity contribution in [3.63, 3.8) is 0 Å². The molecule has 0 bridgehead atoms. The molecule has 1 aromatic rings. The maximum atomic E-state index is 10.6. The van der Waals surface area contributed by atoms with Gasteiger partial charge in [0.2, 0.25) is 5.82 Å². The monoisotopic (exact) mass is 230 g/mol. The van der Waals surface area contributed by atoms with E-state index in [1.165, 1.54) is 0 Å². The first-order valence-electron chi connectivity index (χ1n) is 3.71. The van der Waals surface area contributed by atoms with Crippen molar-refractivity contribution < 1.29 is 19.4 Å². The van der Waals surface area contributed by atoms with Gasteiger partial charge in [-0.2, -0.15) is 4.94 Å². The fourth-order valence-electron chi connectivity index (χ4n) is 1.01. The molecule has 0 spiro atoms. The number of hydrogen-bond donors (Lipinski definition) is 0. The van der Waals surface area contributed by atoms with Crippen LogP contribution in [0.3, 0.4) is 0 Å². The zero-order valence-corrected chi connectivity index (χ0v) is 7.29. The van der Waals surface area contributed by atoms with Crippen molar-refractivity contribution in [2.45, 2.75) is 6.17 Å². The molecular weight excluding hydrogens is 228 g/mol. The van der Waals surface area contributed by atoms with Crippen molar-refractivity contribution in [3.8, 4) is 0 Å². The van der Waals surface area contributed by atoms with Gasteiger partial charge in [-0.3, -0.25) is 10.1 Å². The third kappa shape index (κ3) is 1.37. The van der Waals surface area contributed by atoms with E-state index in [4.69, 9.17) is 0 Å². The van der Waals surface area contributed by atoms with Crippen LogP contribution in [-0.4, -0.2) is 32.2 Å². The lowest BCUT2D eigenvalue weighted by atomic mass is 10.4. The number of hydroxylamine groups is 1. The highest BCUT2D eigenvalue weighted by atomic mass is 16.8. The summed E-state index contributed by atoms with van der Waals surface area (Å²) in [6.07, 6.45) is -0.892. The van der Waals surface area contributed by atoms with Crippen molar-refractivity contribution in [3.05, 3.63) is 26.4 Å². The molecule has 1 aliphatic heterocycles. The first-order chi connectivity index (χ1) is 7.61. The highest BCUT2D eigenvalue weighted by molar-refractivity contribution is 5.81. The second-order valence-corrected chi connectivity index (χ2v) is 2.54. The van der Waals surface area contributed by atoms with Crippen LogP contribution in [0.15, 0.2) is 16.0 Å². The summed E-state index contributed by atoms with van der Waals surface area (Å²) in [5.74, 6) is -1.14. The molecule has 12 heteroatoms. The quantitative estimate of drug-likeness (QED) is 0.460. The van der Waals surface area contributed by atoms with E-state index in [-0.39, 0.29) is 5.82 Å². The van der Waals surface area contributed by atoms with Crippen molar-refractivity contribution in [2.24, 2.45) is 5.16 Å². The number of hydrogen-bond acceptors (Lipinski definition) is 10. The Morgan fingerprint density at radius 2 is 2.19 bits per heavy atom. The SMILES string of the molecule is O=[N+]([O-])C1=NON(c2cnon2)C1[N+](=O)[O-]. The maximum absolute atomic E-state index is 10.6. The van der Waals surface area contributed by atoms with Gasteiger partial charge in [-0.25, -0.2) is 4.63 Å². The van der Waals surface area contributed by atoms with Crippen molar-refractivity contribution >= 4 is 11.7 Å². The van der Waals surface area contributed by atoms with E-state index in [0.717, 1.165) is 6.20 Å². The standard InChI is InChI=1S/C4H2N6O6/c11-9(12)3-4(10(13)14)8(16-7-3)2-1-5-15-6-2/h1,4H. The number of amidine groups is 1. The molecule has 0 N–H and O–H groups in total. The summed E-state index contributed by atoms with van der Waals surface area (Å²) in [5, 5.41) is 31.0. The average Bonchev–Trinajstić information content (AvgIpc) is 2.85. The third-order valence-corrected chi connectivity index (χ3v) is 1.64. The number of aromatic nitrogens is 2. The first kappa shape index (κ1) is 9.75. The Hall–Kier alpha value is -2.79. The minimum Gasteiger partial charge on any atom is -0.358 e. The van der Waals surface area contributed by atoms with Crippen LogP contribution in [0.1, 0.15) is 0 Å². The number of anilines is 1. The van der Waals surface area contributed by atoms with Gasteiger partial charge in [0.15, 0.2) is 5.16 Å². The molecule has 1 aliphatic rings. The van der Waals surface area contributed by atoms with E-state index in [1.807, 2.05) is 0 Å². The molecule has 0 radical (unpaired) electrons. The lowest BCUT2D eigenvalue weighted by Gasteiger charge is -2.08. The third-order valence-electron chi connectivity index (χ3n) is 1.64. The maximum Gasteiger partial charge on any atom is 0.488 e. The van der Waals surface area contributed by atoms with Gasteiger partial charge < -0.3 is 10.1 Å². The molecule has 12 nitrogen and oxygen atoms in total. The fourth-order valence-corrected chi connectivity index (χ4v) is 1.01. The van der Waals surface area contributed by atoms with Gasteiger partial charge >= 0.3 is 12.0 Å². The minimum atomic E-state index is -1.89. The molecule has 0 amide bonds. The summed E-state index contributed by atoms with van der Waals surface area (Å²) in [6, 6.07) is 0. The number of nitrogens with zero attached hydrogens (tertiary/aromatic N) is 6. The van der Waals surface area contributed by atoms with Crippen LogP contribution in [0.4, 0.5) is 5.82 Å². The van der Waals surface area contributed by atoms with Crippen LogP contribution in [0.5, 0.6) is 0 Å². The molecule has 2 rings (SSSR count).